The van der Waals surface area contributed by atoms with Crippen molar-refractivity contribution in [1.29, 1.82) is 5.41 Å². The fourth-order valence-corrected chi connectivity index (χ4v) is 2.26. The molecule has 0 saturated heterocycles. The van der Waals surface area contributed by atoms with Crippen LogP contribution in [0.5, 0.6) is 0 Å². The van der Waals surface area contributed by atoms with Gasteiger partial charge in [-0.1, -0.05) is 11.6 Å². The smallest absolute Gasteiger partial charge is 0.0467 e. The van der Waals surface area contributed by atoms with E-state index in [4.69, 9.17) is 28.5 Å². The average molecular weight is 256 g/mol. The van der Waals surface area contributed by atoms with Gasteiger partial charge in [-0.2, -0.15) is 0 Å². The number of benzene rings is 1. The predicted octanol–water partition coefficient (Wildman–Crippen LogP) is 2.90. The van der Waals surface area contributed by atoms with Crippen LogP contribution < -0.4 is 11.5 Å². The number of hydrogen-bond acceptors (Lipinski definition) is 4. The van der Waals surface area contributed by atoms with Gasteiger partial charge < -0.3 is 16.9 Å². The lowest BCUT2D eigenvalue weighted by Gasteiger charge is -2.05. The summed E-state index contributed by atoms with van der Waals surface area (Å²) in [6.07, 6.45) is 3.48. The van der Waals surface area contributed by atoms with Gasteiger partial charge in [-0.25, -0.2) is 0 Å². The Hall–Kier alpha value is -1.13. The second-order valence-corrected chi connectivity index (χ2v) is 4.74. The van der Waals surface area contributed by atoms with Crippen LogP contribution >= 0.6 is 23.4 Å². The van der Waals surface area contributed by atoms with Crippen molar-refractivity contribution >= 4 is 35.3 Å². The van der Waals surface area contributed by atoms with E-state index in [-0.39, 0.29) is 0 Å². The quantitative estimate of drug-likeness (QED) is 0.430. The Morgan fingerprint density at radius 1 is 1.50 bits per heavy atom. The van der Waals surface area contributed by atoms with Gasteiger partial charge in [0.15, 0.2) is 0 Å². The van der Waals surface area contributed by atoms with E-state index in [1.807, 2.05) is 12.1 Å². The van der Waals surface area contributed by atoms with Crippen LogP contribution in [-0.4, -0.2) is 12.0 Å². The molecule has 1 rings (SSSR count). The maximum absolute atomic E-state index is 7.09. The van der Waals surface area contributed by atoms with Crippen molar-refractivity contribution < 1.29 is 0 Å². The Bertz CT molecular complexity index is 404. The number of nitrogens with two attached hydrogens (primary N) is 2. The molecule has 0 fully saturated rings. The van der Waals surface area contributed by atoms with E-state index in [0.717, 1.165) is 22.6 Å². The lowest BCUT2D eigenvalue weighted by molar-refractivity contribution is 1.17. The highest BCUT2D eigenvalue weighted by Crippen LogP contribution is 2.28. The van der Waals surface area contributed by atoms with E-state index < -0.39 is 0 Å². The van der Waals surface area contributed by atoms with E-state index in [2.05, 4.69) is 0 Å². The molecule has 0 amide bonds. The number of thioether (sulfide) groups is 1. The standard InChI is InChI=1S/C11H14ClN3S/c12-9-1-2-11(10(15)5-9)16-4-3-8(6-13)7-14/h1-2,5-7,13H,3-4,14-15H2. The summed E-state index contributed by atoms with van der Waals surface area (Å²) in [5.74, 6) is 0.838. The molecule has 5 N–H and O–H groups in total. The molecule has 0 radical (unpaired) electrons. The molecule has 0 bridgehead atoms. The second-order valence-electron chi connectivity index (χ2n) is 3.17. The molecule has 0 aliphatic carbocycles. The van der Waals surface area contributed by atoms with Gasteiger partial charge in [-0.15, -0.1) is 11.8 Å². The lowest BCUT2D eigenvalue weighted by atomic mass is 10.2. The van der Waals surface area contributed by atoms with Crippen LogP contribution in [0.25, 0.3) is 0 Å². The van der Waals surface area contributed by atoms with Gasteiger partial charge in [0, 0.05) is 27.6 Å². The number of rotatable bonds is 5. The zero-order valence-electron chi connectivity index (χ0n) is 8.74. The third-order valence-electron chi connectivity index (χ3n) is 2.02. The van der Waals surface area contributed by atoms with E-state index in [9.17, 15) is 0 Å². The molecule has 0 heterocycles. The summed E-state index contributed by atoms with van der Waals surface area (Å²) in [5, 5.41) is 7.73. The van der Waals surface area contributed by atoms with Crippen molar-refractivity contribution in [2.24, 2.45) is 5.73 Å². The third-order valence-corrected chi connectivity index (χ3v) is 3.35. The Morgan fingerprint density at radius 3 is 2.81 bits per heavy atom. The molecule has 3 nitrogen and oxygen atoms in total. The molecular weight excluding hydrogens is 242 g/mol. The van der Waals surface area contributed by atoms with Gasteiger partial charge in [-0.05, 0) is 36.4 Å². The normalized spacial score (nSPS) is 11.4. The Morgan fingerprint density at radius 2 is 2.25 bits per heavy atom. The van der Waals surface area contributed by atoms with E-state index >= 15 is 0 Å². The number of anilines is 1. The topological polar surface area (TPSA) is 75.9 Å². The highest BCUT2D eigenvalue weighted by atomic mass is 35.5. The van der Waals surface area contributed by atoms with Crippen LogP contribution in [0.1, 0.15) is 6.42 Å². The van der Waals surface area contributed by atoms with Gasteiger partial charge in [-0.3, -0.25) is 0 Å². The summed E-state index contributed by atoms with van der Waals surface area (Å²) in [4.78, 5) is 1.01. The first kappa shape index (κ1) is 12.9. The van der Waals surface area contributed by atoms with E-state index in [0.29, 0.717) is 10.7 Å². The number of hydrogen-bond donors (Lipinski definition) is 3. The van der Waals surface area contributed by atoms with Crippen molar-refractivity contribution in [3.63, 3.8) is 0 Å². The minimum absolute atomic E-state index is 0.642. The zero-order valence-corrected chi connectivity index (χ0v) is 10.3. The van der Waals surface area contributed by atoms with Crippen molar-refractivity contribution in [2.45, 2.75) is 11.3 Å². The fourth-order valence-electron chi connectivity index (χ4n) is 1.13. The van der Waals surface area contributed by atoms with Crippen LogP contribution in [0.4, 0.5) is 5.69 Å². The van der Waals surface area contributed by atoms with Gasteiger partial charge >= 0.3 is 0 Å². The molecule has 1 aromatic carbocycles. The Balaban J connectivity index is 2.52. The molecule has 0 spiro atoms. The van der Waals surface area contributed by atoms with Crippen molar-refractivity contribution in [3.05, 3.63) is 35.0 Å². The monoisotopic (exact) mass is 255 g/mol. The molecule has 0 atom stereocenters. The molecule has 16 heavy (non-hydrogen) atoms. The van der Waals surface area contributed by atoms with Gasteiger partial charge in [0.2, 0.25) is 0 Å². The second kappa shape index (κ2) is 6.45. The highest BCUT2D eigenvalue weighted by molar-refractivity contribution is 7.99. The van der Waals surface area contributed by atoms with Crippen LogP contribution in [0, 0.1) is 5.41 Å². The van der Waals surface area contributed by atoms with Crippen LogP contribution in [0.2, 0.25) is 5.02 Å². The fraction of sp³-hybridized carbons (Fsp3) is 0.182. The molecule has 0 aromatic heterocycles. The number of halogens is 1. The molecule has 86 valence electrons. The maximum Gasteiger partial charge on any atom is 0.0467 e. The van der Waals surface area contributed by atoms with Crippen molar-refractivity contribution in [2.75, 3.05) is 11.5 Å². The first-order valence-corrected chi connectivity index (χ1v) is 6.12. The average Bonchev–Trinajstić information content (AvgIpc) is 2.27. The number of nitrogen functional groups attached to an aromatic ring is 1. The molecule has 0 unspecified atom stereocenters. The van der Waals surface area contributed by atoms with Crippen LogP contribution in [0.3, 0.4) is 0 Å². The Kier molecular flexibility index (Phi) is 5.22. The van der Waals surface area contributed by atoms with Gasteiger partial charge in [0.25, 0.3) is 0 Å². The first-order valence-electron chi connectivity index (χ1n) is 4.76. The largest absolute Gasteiger partial charge is 0.404 e. The van der Waals surface area contributed by atoms with E-state index in [1.165, 1.54) is 12.4 Å². The van der Waals surface area contributed by atoms with Gasteiger partial charge in [0.05, 0.1) is 0 Å². The highest BCUT2D eigenvalue weighted by Gasteiger charge is 2.01. The first-order chi connectivity index (χ1) is 7.67. The van der Waals surface area contributed by atoms with Crippen LogP contribution in [0.15, 0.2) is 34.9 Å². The predicted molar refractivity (Wildman–Crippen MR) is 72.3 cm³/mol. The number of allylic oxidation sites excluding steroid dienone is 1. The van der Waals surface area contributed by atoms with Gasteiger partial charge in [0.1, 0.15) is 0 Å². The minimum Gasteiger partial charge on any atom is -0.404 e. The minimum atomic E-state index is 0.642. The summed E-state index contributed by atoms with van der Waals surface area (Å²) >= 11 is 7.43. The maximum atomic E-state index is 7.09. The summed E-state index contributed by atoms with van der Waals surface area (Å²) in [7, 11) is 0. The molecule has 0 aliphatic rings. The summed E-state index contributed by atoms with van der Waals surface area (Å²) < 4.78 is 0. The molecule has 0 saturated carbocycles. The third kappa shape index (κ3) is 3.79. The van der Waals surface area contributed by atoms with Crippen LogP contribution in [-0.2, 0) is 0 Å². The lowest BCUT2D eigenvalue weighted by Crippen LogP contribution is -1.94. The molecule has 5 heteroatoms. The SMILES string of the molecule is N=CC(=CN)CCSc1ccc(Cl)cc1N. The molecule has 1 aromatic rings. The molecular formula is C11H14ClN3S. The summed E-state index contributed by atoms with van der Waals surface area (Å²) in [6.45, 7) is 0. The van der Waals surface area contributed by atoms with E-state index in [1.54, 1.807) is 17.8 Å². The zero-order chi connectivity index (χ0) is 12.0. The summed E-state index contributed by atoms with van der Waals surface area (Å²) in [5.41, 5.74) is 12.7. The van der Waals surface area contributed by atoms with Crippen molar-refractivity contribution in [1.82, 2.24) is 0 Å². The Labute approximate surface area is 104 Å². The van der Waals surface area contributed by atoms with Crippen molar-refractivity contribution in [3.8, 4) is 0 Å². The molecule has 0 aliphatic heterocycles. The number of nitrogens with one attached hydrogen (secondary N) is 1. The summed E-state index contributed by atoms with van der Waals surface area (Å²) in [6, 6.07) is 5.45.